The Balaban J connectivity index is 1.41. The number of carbonyl (C=O) groups excluding carboxylic acids is 5. The summed E-state index contributed by atoms with van der Waals surface area (Å²) < 4.78 is 5.38. The molecule has 0 spiro atoms. The lowest BCUT2D eigenvalue weighted by atomic mass is 9.93. The third-order valence-corrected chi connectivity index (χ3v) is 8.76. The molecule has 0 bridgehead atoms. The second-order valence-corrected chi connectivity index (χ2v) is 13.9. The lowest BCUT2D eigenvalue weighted by molar-refractivity contribution is -0.133. The number of ketones is 1. The van der Waals surface area contributed by atoms with Crippen LogP contribution in [0.4, 0.5) is 10.5 Å². The molecule has 0 unspecified atom stereocenters. The first-order chi connectivity index (χ1) is 22.8. The average Bonchev–Trinajstić information content (AvgIpc) is 3.82. The fraction of sp³-hybridized carbons (Fsp3) is 0.556. The number of rotatable bonds is 15. The minimum atomic E-state index is -0.990. The molecule has 2 aliphatic rings. The predicted molar refractivity (Wildman–Crippen MR) is 182 cm³/mol. The van der Waals surface area contributed by atoms with Crippen molar-refractivity contribution in [2.45, 2.75) is 90.4 Å². The molecule has 1 aromatic carbocycles. The van der Waals surface area contributed by atoms with E-state index in [-0.39, 0.29) is 35.9 Å². The minimum Gasteiger partial charge on any atom is -0.361 e. The molecule has 12 heteroatoms. The quantitative estimate of drug-likeness (QED) is 0.212. The average molecular weight is 663 g/mol. The molecular weight excluding hydrogens is 612 g/mol. The molecule has 12 nitrogen and oxygen atoms in total. The van der Waals surface area contributed by atoms with E-state index in [2.05, 4.69) is 26.3 Å². The van der Waals surface area contributed by atoms with Crippen molar-refractivity contribution in [2.75, 3.05) is 25.0 Å². The van der Waals surface area contributed by atoms with Crippen LogP contribution in [0.2, 0.25) is 0 Å². The smallest absolute Gasteiger partial charge is 0.318 e. The van der Waals surface area contributed by atoms with Crippen molar-refractivity contribution in [2.24, 2.45) is 17.8 Å². The number of Topliss-reactive ketones (excluding diaryl/α,β-unsaturated/α-hetero) is 1. The van der Waals surface area contributed by atoms with Crippen molar-refractivity contribution >= 4 is 35.2 Å². The van der Waals surface area contributed by atoms with Crippen molar-refractivity contribution in [1.82, 2.24) is 25.8 Å². The van der Waals surface area contributed by atoms with Crippen LogP contribution in [0.1, 0.15) is 65.9 Å². The maximum Gasteiger partial charge on any atom is 0.318 e. The van der Waals surface area contributed by atoms with Gasteiger partial charge in [0.25, 0.3) is 0 Å². The standard InChI is InChI=1S/C36H50N6O6/c1-23(2)18-28(31(43)36(5)22-48-36)39-34(46)30(20-25-10-7-6-8-11-25)40-33(45)29(19-24(3)4)41-35(47)42-16-13-26(14-17-42)32(44)38-27-12-9-15-37-21-27/h6-12,15,21,23-24,26,28-30H,13-14,16-20,22H2,1-5H3,(H,38,44)(H,39,46)(H,40,45)(H,41,47)/t28-,29-,30-,36+/m0/s1. The first kappa shape index (κ1) is 36.5. The largest absolute Gasteiger partial charge is 0.361 e. The first-order valence-electron chi connectivity index (χ1n) is 16.9. The van der Waals surface area contributed by atoms with Gasteiger partial charge in [-0.15, -0.1) is 0 Å². The summed E-state index contributed by atoms with van der Waals surface area (Å²) in [7, 11) is 0. The molecule has 48 heavy (non-hydrogen) atoms. The number of ether oxygens (including phenoxy) is 1. The van der Waals surface area contributed by atoms with Crippen LogP contribution >= 0.6 is 0 Å². The van der Waals surface area contributed by atoms with Crippen LogP contribution in [-0.2, 0) is 30.3 Å². The molecule has 2 aromatic rings. The van der Waals surface area contributed by atoms with E-state index in [0.717, 1.165) is 5.56 Å². The predicted octanol–water partition coefficient (Wildman–Crippen LogP) is 3.47. The van der Waals surface area contributed by atoms with E-state index in [0.29, 0.717) is 51.1 Å². The summed E-state index contributed by atoms with van der Waals surface area (Å²) >= 11 is 0. The normalized spacial score (nSPS) is 19.6. The van der Waals surface area contributed by atoms with Crippen molar-refractivity contribution in [3.63, 3.8) is 0 Å². The summed E-state index contributed by atoms with van der Waals surface area (Å²) in [5.41, 5.74) is 0.551. The Morgan fingerprint density at radius 2 is 1.46 bits per heavy atom. The highest BCUT2D eigenvalue weighted by atomic mass is 16.6. The number of nitrogens with zero attached hydrogens (tertiary/aromatic N) is 2. The number of carbonyl (C=O) groups is 5. The number of hydrogen-bond donors (Lipinski definition) is 4. The van der Waals surface area contributed by atoms with Gasteiger partial charge < -0.3 is 30.9 Å². The topological polar surface area (TPSA) is 162 Å². The first-order valence-corrected chi connectivity index (χ1v) is 16.9. The van der Waals surface area contributed by atoms with Gasteiger partial charge in [-0.25, -0.2) is 4.79 Å². The SMILES string of the molecule is CC(C)C[C@H](NC(=O)N1CCC(C(=O)Nc2cccnc2)CC1)C(=O)N[C@@H](Cc1ccccc1)C(=O)N[C@@H](CC(C)C)C(=O)[C@@]1(C)CO1. The van der Waals surface area contributed by atoms with Gasteiger partial charge in [0, 0.05) is 31.6 Å². The van der Waals surface area contributed by atoms with Crippen molar-refractivity contribution < 1.29 is 28.7 Å². The number of epoxide rings is 1. The number of amides is 5. The summed E-state index contributed by atoms with van der Waals surface area (Å²) in [5.74, 6) is -1.30. The fourth-order valence-electron chi connectivity index (χ4n) is 5.89. The molecule has 0 radical (unpaired) electrons. The molecular formula is C36H50N6O6. The number of piperidine rings is 1. The number of hydrogen-bond acceptors (Lipinski definition) is 7. The Labute approximate surface area is 283 Å². The number of aromatic nitrogens is 1. The lowest BCUT2D eigenvalue weighted by Crippen LogP contribution is -2.58. The van der Waals surface area contributed by atoms with E-state index in [4.69, 9.17) is 4.74 Å². The number of likely N-dealkylation sites (tertiary alicyclic amines) is 1. The van der Waals surface area contributed by atoms with Gasteiger partial charge in [0.2, 0.25) is 17.7 Å². The molecule has 3 heterocycles. The van der Waals surface area contributed by atoms with Crippen LogP contribution in [0.25, 0.3) is 0 Å². The van der Waals surface area contributed by atoms with E-state index >= 15 is 0 Å². The maximum atomic E-state index is 13.8. The zero-order valence-electron chi connectivity index (χ0n) is 28.7. The molecule has 0 saturated carbocycles. The molecule has 5 amide bonds. The zero-order chi connectivity index (χ0) is 34.8. The highest BCUT2D eigenvalue weighted by Crippen LogP contribution is 2.30. The third-order valence-electron chi connectivity index (χ3n) is 8.76. The summed E-state index contributed by atoms with van der Waals surface area (Å²) in [6, 6.07) is 9.80. The van der Waals surface area contributed by atoms with Crippen molar-refractivity contribution in [3.8, 4) is 0 Å². The Morgan fingerprint density at radius 3 is 2.04 bits per heavy atom. The molecule has 260 valence electrons. The number of urea groups is 1. The minimum absolute atomic E-state index is 0.0664. The molecule has 2 fully saturated rings. The van der Waals surface area contributed by atoms with Crippen LogP contribution in [0.5, 0.6) is 0 Å². The molecule has 2 saturated heterocycles. The van der Waals surface area contributed by atoms with Gasteiger partial charge in [-0.3, -0.25) is 24.2 Å². The van der Waals surface area contributed by atoms with E-state index < -0.39 is 41.6 Å². The fourth-order valence-corrected chi connectivity index (χ4v) is 5.89. The third kappa shape index (κ3) is 10.6. The molecule has 4 atom stereocenters. The molecule has 2 aliphatic heterocycles. The summed E-state index contributed by atoms with van der Waals surface area (Å²) in [6.07, 6.45) is 5.18. The van der Waals surface area contributed by atoms with Gasteiger partial charge in [-0.2, -0.15) is 0 Å². The second-order valence-electron chi connectivity index (χ2n) is 13.9. The van der Waals surface area contributed by atoms with Gasteiger partial charge in [0.15, 0.2) is 5.78 Å². The van der Waals surface area contributed by atoms with Crippen molar-refractivity contribution in [3.05, 3.63) is 60.4 Å². The van der Waals surface area contributed by atoms with Crippen LogP contribution in [0, 0.1) is 17.8 Å². The monoisotopic (exact) mass is 662 g/mol. The van der Waals surface area contributed by atoms with E-state index in [9.17, 15) is 24.0 Å². The number of pyridine rings is 1. The Bertz CT molecular complexity index is 1410. The molecule has 0 aliphatic carbocycles. The van der Waals surface area contributed by atoms with Gasteiger partial charge >= 0.3 is 6.03 Å². The van der Waals surface area contributed by atoms with E-state index in [1.54, 1.807) is 36.4 Å². The lowest BCUT2D eigenvalue weighted by Gasteiger charge is -2.33. The summed E-state index contributed by atoms with van der Waals surface area (Å²) in [5, 5.41) is 11.6. The molecule has 1 aromatic heterocycles. The van der Waals surface area contributed by atoms with Crippen molar-refractivity contribution in [1.29, 1.82) is 0 Å². The van der Waals surface area contributed by atoms with Gasteiger partial charge in [0.1, 0.15) is 17.7 Å². The maximum absolute atomic E-state index is 13.8. The van der Waals surface area contributed by atoms with Gasteiger partial charge in [0.05, 0.1) is 24.5 Å². The van der Waals surface area contributed by atoms with Crippen LogP contribution < -0.4 is 21.3 Å². The Kier molecular flexibility index (Phi) is 12.7. The van der Waals surface area contributed by atoms with Crippen LogP contribution in [0.15, 0.2) is 54.9 Å². The van der Waals surface area contributed by atoms with Crippen LogP contribution in [-0.4, -0.2) is 82.8 Å². The van der Waals surface area contributed by atoms with Gasteiger partial charge in [-0.05, 0) is 62.1 Å². The molecule has 4 N–H and O–H groups in total. The van der Waals surface area contributed by atoms with E-state index in [1.165, 1.54) is 0 Å². The molecule has 4 rings (SSSR count). The number of nitrogens with one attached hydrogen (secondary N) is 4. The zero-order valence-corrected chi connectivity index (χ0v) is 28.7. The summed E-state index contributed by atoms with van der Waals surface area (Å²) in [4.78, 5) is 72.6. The highest BCUT2D eigenvalue weighted by Gasteiger charge is 2.50. The summed E-state index contributed by atoms with van der Waals surface area (Å²) in [6.45, 7) is 10.6. The highest BCUT2D eigenvalue weighted by molar-refractivity contribution is 5.98. The van der Waals surface area contributed by atoms with E-state index in [1.807, 2.05) is 58.0 Å². The number of benzene rings is 1. The van der Waals surface area contributed by atoms with Gasteiger partial charge in [-0.1, -0.05) is 58.0 Å². The van der Waals surface area contributed by atoms with Crippen LogP contribution in [0.3, 0.4) is 0 Å². The Morgan fingerprint density at radius 1 is 0.854 bits per heavy atom. The number of anilines is 1. The Hall–Kier alpha value is -4.32. The second kappa shape index (κ2) is 16.7.